The first kappa shape index (κ1) is 20.3. The maximum atomic E-state index is 9.97. The average Bonchev–Trinajstić information content (AvgIpc) is 2.65. The predicted molar refractivity (Wildman–Crippen MR) is 116 cm³/mol. The number of aliphatic hydroxyl groups excluding tert-OH is 1. The molecule has 2 aliphatic rings. The van der Waals surface area contributed by atoms with Crippen LogP contribution in [0.4, 0.5) is 11.6 Å². The minimum atomic E-state index is -0.611. The molecule has 4 rings (SSSR count). The van der Waals surface area contributed by atoms with Gasteiger partial charge in [-0.15, -0.1) is 0 Å². The highest BCUT2D eigenvalue weighted by Gasteiger charge is 2.26. The van der Waals surface area contributed by atoms with Gasteiger partial charge in [-0.3, -0.25) is 0 Å². The number of fused-ring (bicyclic) bond motifs is 1. The molecule has 1 saturated heterocycles. The Morgan fingerprint density at radius 3 is 2.38 bits per heavy atom. The summed E-state index contributed by atoms with van der Waals surface area (Å²) in [5, 5.41) is 22.7. The minimum absolute atomic E-state index is 0.253. The second kappa shape index (κ2) is 8.81. The van der Waals surface area contributed by atoms with Crippen LogP contribution in [0.3, 0.4) is 0 Å². The fraction of sp³-hybridized carbons (Fsp3) is 0.636. The third kappa shape index (κ3) is 4.97. The molecule has 0 radical (unpaired) electrons. The molecule has 7 heteroatoms. The number of nitrogens with zero attached hydrogens (tertiary/aromatic N) is 2. The number of nitrogens with one attached hydrogen (secondary N) is 3. The van der Waals surface area contributed by atoms with Crippen molar-refractivity contribution >= 4 is 22.4 Å². The molecule has 1 aliphatic carbocycles. The number of aliphatic hydroxyl groups is 1. The van der Waals surface area contributed by atoms with E-state index in [1.165, 1.54) is 12.8 Å². The molecule has 1 saturated carbocycles. The molecule has 3 heterocycles. The monoisotopic (exact) mass is 399 g/mol. The lowest BCUT2D eigenvalue weighted by atomic mass is 9.90. The van der Waals surface area contributed by atoms with Crippen LogP contribution in [0.5, 0.6) is 0 Å². The number of ether oxygens (including phenoxy) is 1. The molecule has 7 nitrogen and oxygen atoms in total. The Bertz CT molecular complexity index is 829. The number of aromatic nitrogens is 2. The van der Waals surface area contributed by atoms with E-state index in [9.17, 15) is 5.11 Å². The average molecular weight is 400 g/mol. The fourth-order valence-corrected chi connectivity index (χ4v) is 4.12. The number of pyridine rings is 2. The molecule has 1 aliphatic heterocycles. The van der Waals surface area contributed by atoms with Crippen LogP contribution < -0.4 is 16.0 Å². The first-order valence-corrected chi connectivity index (χ1v) is 10.8. The van der Waals surface area contributed by atoms with Crippen LogP contribution in [0.15, 0.2) is 18.3 Å². The van der Waals surface area contributed by atoms with Crippen LogP contribution in [-0.4, -0.2) is 52.5 Å². The van der Waals surface area contributed by atoms with E-state index in [1.54, 1.807) is 6.92 Å². The Hall–Kier alpha value is -1.96. The molecule has 2 aromatic rings. The molecule has 158 valence electrons. The van der Waals surface area contributed by atoms with Crippen molar-refractivity contribution in [2.45, 2.75) is 76.7 Å². The highest BCUT2D eigenvalue weighted by molar-refractivity contribution is 5.93. The SMILES string of the molecule is CC(C)Nc1nc([C@@H](C)O)cc2cnc(N[C@H]3CC[C@H](NC4COC4)CC3)cc12. The Balaban J connectivity index is 1.46. The highest BCUT2D eigenvalue weighted by atomic mass is 16.5. The van der Waals surface area contributed by atoms with E-state index in [-0.39, 0.29) is 6.04 Å². The van der Waals surface area contributed by atoms with E-state index < -0.39 is 6.10 Å². The molecule has 29 heavy (non-hydrogen) atoms. The standard InChI is InChI=1S/C22H33N5O2/c1-13(2)24-22-19-9-21(23-10-15(19)8-20(27-22)14(3)28)26-17-6-4-16(5-7-17)25-18-11-29-12-18/h8-10,13-14,16-18,25,28H,4-7,11-12H2,1-3H3,(H,23,26)(H,24,27)/t14-,16-,17-/m1/s1. The van der Waals surface area contributed by atoms with Crippen molar-refractivity contribution in [1.29, 1.82) is 0 Å². The van der Waals surface area contributed by atoms with E-state index >= 15 is 0 Å². The first-order valence-electron chi connectivity index (χ1n) is 10.8. The summed E-state index contributed by atoms with van der Waals surface area (Å²) in [6.45, 7) is 7.63. The third-order valence-corrected chi connectivity index (χ3v) is 5.78. The van der Waals surface area contributed by atoms with Gasteiger partial charge in [-0.05, 0) is 58.6 Å². The summed E-state index contributed by atoms with van der Waals surface area (Å²) in [5.74, 6) is 1.69. The number of anilines is 2. The summed E-state index contributed by atoms with van der Waals surface area (Å²) >= 11 is 0. The summed E-state index contributed by atoms with van der Waals surface area (Å²) in [5.41, 5.74) is 0.658. The van der Waals surface area contributed by atoms with Gasteiger partial charge in [0.25, 0.3) is 0 Å². The van der Waals surface area contributed by atoms with Crippen molar-refractivity contribution in [3.8, 4) is 0 Å². The summed E-state index contributed by atoms with van der Waals surface area (Å²) in [7, 11) is 0. The molecule has 0 bridgehead atoms. The smallest absolute Gasteiger partial charge is 0.134 e. The third-order valence-electron chi connectivity index (χ3n) is 5.78. The summed E-state index contributed by atoms with van der Waals surface area (Å²) in [4.78, 5) is 9.28. The lowest BCUT2D eigenvalue weighted by Gasteiger charge is -2.35. The lowest BCUT2D eigenvalue weighted by molar-refractivity contribution is -0.0120. The van der Waals surface area contributed by atoms with Crippen molar-refractivity contribution in [2.75, 3.05) is 23.8 Å². The van der Waals surface area contributed by atoms with Crippen LogP contribution in [-0.2, 0) is 4.74 Å². The normalized spacial score (nSPS) is 23.8. The molecule has 0 spiro atoms. The van der Waals surface area contributed by atoms with E-state index in [0.717, 1.165) is 48.5 Å². The topological polar surface area (TPSA) is 91.3 Å². The molecule has 2 fully saturated rings. The Morgan fingerprint density at radius 1 is 1.03 bits per heavy atom. The van der Waals surface area contributed by atoms with Gasteiger partial charge < -0.3 is 25.8 Å². The van der Waals surface area contributed by atoms with Gasteiger partial charge in [-0.25, -0.2) is 9.97 Å². The zero-order chi connectivity index (χ0) is 20.4. The van der Waals surface area contributed by atoms with E-state index in [1.807, 2.05) is 12.3 Å². The van der Waals surface area contributed by atoms with Crippen LogP contribution >= 0.6 is 0 Å². The van der Waals surface area contributed by atoms with Crippen molar-refractivity contribution in [2.24, 2.45) is 0 Å². The van der Waals surface area contributed by atoms with Crippen molar-refractivity contribution < 1.29 is 9.84 Å². The van der Waals surface area contributed by atoms with Crippen molar-refractivity contribution in [1.82, 2.24) is 15.3 Å². The van der Waals surface area contributed by atoms with E-state index in [0.29, 0.717) is 23.8 Å². The molecule has 0 unspecified atom stereocenters. The summed E-state index contributed by atoms with van der Waals surface area (Å²) < 4.78 is 5.26. The highest BCUT2D eigenvalue weighted by Crippen LogP contribution is 2.29. The van der Waals surface area contributed by atoms with Gasteiger partial charge >= 0.3 is 0 Å². The Labute approximate surface area is 172 Å². The van der Waals surface area contributed by atoms with Gasteiger partial charge in [0, 0.05) is 35.1 Å². The van der Waals surface area contributed by atoms with Gasteiger partial charge in [0.15, 0.2) is 0 Å². The van der Waals surface area contributed by atoms with Crippen LogP contribution in [0, 0.1) is 0 Å². The van der Waals surface area contributed by atoms with Gasteiger partial charge in [-0.2, -0.15) is 0 Å². The predicted octanol–water partition coefficient (Wildman–Crippen LogP) is 3.21. The van der Waals surface area contributed by atoms with Crippen molar-refractivity contribution in [3.05, 3.63) is 24.0 Å². The zero-order valence-electron chi connectivity index (χ0n) is 17.6. The molecular weight excluding hydrogens is 366 g/mol. The van der Waals surface area contributed by atoms with Crippen LogP contribution in [0.1, 0.15) is 58.3 Å². The zero-order valence-corrected chi connectivity index (χ0v) is 17.6. The van der Waals surface area contributed by atoms with Gasteiger partial charge in [-0.1, -0.05) is 0 Å². The van der Waals surface area contributed by atoms with Gasteiger partial charge in [0.05, 0.1) is 31.1 Å². The summed E-state index contributed by atoms with van der Waals surface area (Å²) in [6.07, 6.45) is 5.91. The first-order chi connectivity index (χ1) is 14.0. The largest absolute Gasteiger partial charge is 0.387 e. The number of rotatable bonds is 7. The molecule has 2 aromatic heterocycles. The molecule has 0 aromatic carbocycles. The quantitative estimate of drug-likeness (QED) is 0.568. The molecule has 1 atom stereocenters. The van der Waals surface area contributed by atoms with E-state index in [4.69, 9.17) is 4.74 Å². The van der Waals surface area contributed by atoms with E-state index in [2.05, 4.69) is 45.8 Å². The molecular formula is C22H33N5O2. The lowest BCUT2D eigenvalue weighted by Crippen LogP contribution is -2.51. The maximum Gasteiger partial charge on any atom is 0.134 e. The fourth-order valence-electron chi connectivity index (χ4n) is 4.12. The molecule has 4 N–H and O–H groups in total. The van der Waals surface area contributed by atoms with Gasteiger partial charge in [0.1, 0.15) is 11.6 Å². The maximum absolute atomic E-state index is 9.97. The molecule has 0 amide bonds. The van der Waals surface area contributed by atoms with Crippen LogP contribution in [0.2, 0.25) is 0 Å². The second-order valence-corrected chi connectivity index (χ2v) is 8.76. The number of hydrogen-bond donors (Lipinski definition) is 4. The van der Waals surface area contributed by atoms with Crippen LogP contribution in [0.25, 0.3) is 10.8 Å². The Morgan fingerprint density at radius 2 is 1.76 bits per heavy atom. The van der Waals surface area contributed by atoms with Crippen molar-refractivity contribution in [3.63, 3.8) is 0 Å². The number of hydrogen-bond acceptors (Lipinski definition) is 7. The van der Waals surface area contributed by atoms with Gasteiger partial charge in [0.2, 0.25) is 0 Å². The second-order valence-electron chi connectivity index (χ2n) is 8.76. The Kier molecular flexibility index (Phi) is 6.18. The minimum Gasteiger partial charge on any atom is -0.387 e. The summed E-state index contributed by atoms with van der Waals surface area (Å²) in [6, 6.07) is 5.86.